The fourth-order valence-corrected chi connectivity index (χ4v) is 3.94. The molecule has 0 aromatic heterocycles. The number of hydrogen-bond donors (Lipinski definition) is 0. The number of sulfonamides is 1. The molecule has 20 heavy (non-hydrogen) atoms. The lowest BCUT2D eigenvalue weighted by Crippen LogP contribution is -2.47. The molecule has 2 rings (SSSR count). The van der Waals surface area contributed by atoms with Gasteiger partial charge in [0, 0.05) is 6.54 Å². The third-order valence-electron chi connectivity index (χ3n) is 3.17. The second kappa shape index (κ2) is 5.85. The molecule has 0 spiro atoms. The number of aliphatic imine (C=N–C) groups is 1. The first-order chi connectivity index (χ1) is 9.46. The Morgan fingerprint density at radius 2 is 2.15 bits per heavy atom. The second-order valence-corrected chi connectivity index (χ2v) is 6.52. The molecule has 0 bridgehead atoms. The molecule has 0 radical (unpaired) electrons. The van der Waals surface area contributed by atoms with Crippen LogP contribution in [0.1, 0.15) is 11.1 Å². The monoisotopic (exact) mass is 296 g/mol. The summed E-state index contributed by atoms with van der Waals surface area (Å²) in [5, 5.41) is 0. The van der Waals surface area contributed by atoms with E-state index in [1.807, 2.05) is 13.0 Å². The third kappa shape index (κ3) is 2.81. The van der Waals surface area contributed by atoms with Gasteiger partial charge in [0.2, 0.25) is 16.1 Å². The van der Waals surface area contributed by atoms with Crippen LogP contribution in [0.2, 0.25) is 0 Å². The molecule has 1 heterocycles. The van der Waals surface area contributed by atoms with Gasteiger partial charge in [-0.15, -0.1) is 0 Å². The van der Waals surface area contributed by atoms with E-state index in [1.54, 1.807) is 19.1 Å². The molecule has 1 fully saturated rings. The normalized spacial score (nSPS) is 20.4. The van der Waals surface area contributed by atoms with Gasteiger partial charge in [0.05, 0.1) is 18.1 Å². The Kier molecular flexibility index (Phi) is 4.35. The van der Waals surface area contributed by atoms with Crippen molar-refractivity contribution >= 4 is 16.1 Å². The Hall–Kier alpha value is -1.53. The van der Waals surface area contributed by atoms with Crippen molar-refractivity contribution in [1.29, 1.82) is 0 Å². The van der Waals surface area contributed by atoms with Gasteiger partial charge >= 0.3 is 0 Å². The number of aryl methyl sites for hydroxylation is 2. The zero-order valence-corrected chi connectivity index (χ0v) is 12.2. The highest BCUT2D eigenvalue weighted by Gasteiger charge is 2.34. The SMILES string of the molecule is Cc1ccc(S(=O)(=O)N2CCOCC2N=C=O)c(C)c1. The number of rotatable bonds is 3. The number of carbonyl (C=O) groups excluding carboxylic acids is 1. The minimum absolute atomic E-state index is 0.0688. The standard InChI is InChI=1S/C13H16N2O4S/c1-10-3-4-12(11(2)7-10)20(17,18)15-5-6-19-8-13(15)14-9-16/h3-4,7,13H,5-6,8H2,1-2H3. The highest BCUT2D eigenvalue weighted by molar-refractivity contribution is 7.89. The number of benzene rings is 1. The van der Waals surface area contributed by atoms with E-state index >= 15 is 0 Å². The summed E-state index contributed by atoms with van der Waals surface area (Å²) in [5.41, 5.74) is 1.66. The lowest BCUT2D eigenvalue weighted by atomic mass is 10.2. The highest BCUT2D eigenvalue weighted by Crippen LogP contribution is 2.24. The van der Waals surface area contributed by atoms with Gasteiger partial charge in [0.1, 0.15) is 0 Å². The lowest BCUT2D eigenvalue weighted by molar-refractivity contribution is 0.0359. The summed E-state index contributed by atoms with van der Waals surface area (Å²) in [6, 6.07) is 5.14. The Morgan fingerprint density at radius 3 is 2.80 bits per heavy atom. The van der Waals surface area contributed by atoms with Crippen LogP contribution in [0.15, 0.2) is 28.1 Å². The third-order valence-corrected chi connectivity index (χ3v) is 5.23. The Balaban J connectivity index is 2.44. The zero-order chi connectivity index (χ0) is 14.8. The molecule has 108 valence electrons. The van der Waals surface area contributed by atoms with Crippen LogP contribution in [-0.4, -0.2) is 44.7 Å². The minimum atomic E-state index is -3.70. The first kappa shape index (κ1) is 14.9. The molecule has 1 aliphatic rings. The molecule has 0 aliphatic carbocycles. The van der Waals surface area contributed by atoms with Crippen LogP contribution in [-0.2, 0) is 19.6 Å². The smallest absolute Gasteiger partial charge is 0.245 e. The largest absolute Gasteiger partial charge is 0.376 e. The number of ether oxygens (including phenoxy) is 1. The molecule has 1 aliphatic heterocycles. The van der Waals surface area contributed by atoms with E-state index in [4.69, 9.17) is 4.74 Å². The van der Waals surface area contributed by atoms with Gasteiger partial charge in [-0.25, -0.2) is 13.2 Å². The van der Waals surface area contributed by atoms with Gasteiger partial charge in [-0.05, 0) is 25.5 Å². The van der Waals surface area contributed by atoms with E-state index in [2.05, 4.69) is 4.99 Å². The molecule has 0 amide bonds. The summed E-state index contributed by atoms with van der Waals surface area (Å²) in [6.07, 6.45) is 0.563. The fraction of sp³-hybridized carbons (Fsp3) is 0.462. The molecule has 6 nitrogen and oxygen atoms in total. The van der Waals surface area contributed by atoms with Gasteiger partial charge in [0.15, 0.2) is 6.17 Å². The van der Waals surface area contributed by atoms with Crippen molar-refractivity contribution in [1.82, 2.24) is 4.31 Å². The summed E-state index contributed by atoms with van der Waals surface area (Å²) in [6.45, 7) is 4.18. The molecule has 7 heteroatoms. The summed E-state index contributed by atoms with van der Waals surface area (Å²) < 4.78 is 31.7. The van der Waals surface area contributed by atoms with Crippen LogP contribution in [0.3, 0.4) is 0 Å². The van der Waals surface area contributed by atoms with Gasteiger partial charge in [-0.3, -0.25) is 0 Å². The van der Waals surface area contributed by atoms with Crippen molar-refractivity contribution < 1.29 is 17.9 Å². The first-order valence-electron chi connectivity index (χ1n) is 6.20. The van der Waals surface area contributed by atoms with Crippen LogP contribution >= 0.6 is 0 Å². The first-order valence-corrected chi connectivity index (χ1v) is 7.64. The fourth-order valence-electron chi connectivity index (χ4n) is 2.23. The molecular weight excluding hydrogens is 280 g/mol. The van der Waals surface area contributed by atoms with Gasteiger partial charge in [-0.2, -0.15) is 9.30 Å². The van der Waals surface area contributed by atoms with Crippen LogP contribution in [0.5, 0.6) is 0 Å². The molecule has 0 N–H and O–H groups in total. The van der Waals surface area contributed by atoms with Crippen molar-refractivity contribution in [2.45, 2.75) is 24.9 Å². The van der Waals surface area contributed by atoms with E-state index in [9.17, 15) is 13.2 Å². The van der Waals surface area contributed by atoms with E-state index in [-0.39, 0.29) is 24.7 Å². The minimum Gasteiger partial charge on any atom is -0.376 e. The summed E-state index contributed by atoms with van der Waals surface area (Å²) >= 11 is 0. The molecule has 0 saturated carbocycles. The maximum atomic E-state index is 12.7. The summed E-state index contributed by atoms with van der Waals surface area (Å²) in [4.78, 5) is 14.2. The number of hydrogen-bond acceptors (Lipinski definition) is 5. The maximum absolute atomic E-state index is 12.7. The van der Waals surface area contributed by atoms with Crippen molar-refractivity contribution in [3.05, 3.63) is 29.3 Å². The maximum Gasteiger partial charge on any atom is 0.245 e. The molecule has 1 saturated heterocycles. The number of isocyanates is 1. The number of morpholine rings is 1. The van der Waals surface area contributed by atoms with Crippen LogP contribution < -0.4 is 0 Å². The average Bonchev–Trinajstić information content (AvgIpc) is 2.39. The Morgan fingerprint density at radius 1 is 1.40 bits per heavy atom. The van der Waals surface area contributed by atoms with Crippen molar-refractivity contribution in [3.63, 3.8) is 0 Å². The molecule has 1 atom stereocenters. The second-order valence-electron chi connectivity index (χ2n) is 4.66. The topological polar surface area (TPSA) is 76.0 Å². The van der Waals surface area contributed by atoms with E-state index < -0.39 is 16.2 Å². The number of nitrogens with zero attached hydrogens (tertiary/aromatic N) is 2. The predicted octanol–water partition coefficient (Wildman–Crippen LogP) is 0.986. The molecular formula is C13H16N2O4S. The van der Waals surface area contributed by atoms with E-state index in [0.29, 0.717) is 5.56 Å². The van der Waals surface area contributed by atoms with Crippen LogP contribution in [0.4, 0.5) is 0 Å². The van der Waals surface area contributed by atoms with Crippen molar-refractivity contribution in [2.75, 3.05) is 19.8 Å². The lowest BCUT2D eigenvalue weighted by Gasteiger charge is -2.31. The summed E-state index contributed by atoms with van der Waals surface area (Å²) in [7, 11) is -3.70. The quantitative estimate of drug-likeness (QED) is 0.615. The summed E-state index contributed by atoms with van der Waals surface area (Å²) in [5.74, 6) is 0. The van der Waals surface area contributed by atoms with Crippen molar-refractivity contribution in [3.8, 4) is 0 Å². The van der Waals surface area contributed by atoms with Gasteiger partial charge in [0.25, 0.3) is 0 Å². The predicted molar refractivity (Wildman–Crippen MR) is 72.5 cm³/mol. The van der Waals surface area contributed by atoms with Gasteiger partial charge < -0.3 is 4.74 Å². The zero-order valence-electron chi connectivity index (χ0n) is 11.4. The van der Waals surface area contributed by atoms with Crippen molar-refractivity contribution in [2.24, 2.45) is 4.99 Å². The molecule has 1 aromatic carbocycles. The van der Waals surface area contributed by atoms with E-state index in [0.717, 1.165) is 5.56 Å². The average molecular weight is 296 g/mol. The van der Waals surface area contributed by atoms with E-state index in [1.165, 1.54) is 10.4 Å². The Bertz CT molecular complexity index is 650. The van der Waals surface area contributed by atoms with Crippen LogP contribution in [0.25, 0.3) is 0 Å². The highest BCUT2D eigenvalue weighted by atomic mass is 32.2. The molecule has 1 unspecified atom stereocenters. The molecule has 1 aromatic rings. The Labute approximate surface area is 118 Å². The van der Waals surface area contributed by atoms with Crippen LogP contribution in [0, 0.1) is 13.8 Å². The van der Waals surface area contributed by atoms with Gasteiger partial charge in [-0.1, -0.05) is 17.7 Å².